The molecule has 0 radical (unpaired) electrons. The molecule has 0 aliphatic carbocycles. The van der Waals surface area contributed by atoms with E-state index in [9.17, 15) is 0 Å². The molecule has 0 aromatic heterocycles. The van der Waals surface area contributed by atoms with Crippen molar-refractivity contribution in [2.45, 2.75) is 4.90 Å². The summed E-state index contributed by atoms with van der Waals surface area (Å²) >= 11 is 5.10. The molecule has 80 valence electrons. The van der Waals surface area contributed by atoms with E-state index in [0.717, 1.165) is 27.2 Å². The lowest BCUT2D eigenvalue weighted by molar-refractivity contribution is 0.437. The van der Waals surface area contributed by atoms with Gasteiger partial charge in [-0.2, -0.15) is 5.26 Å². The molecule has 0 atom stereocenters. The summed E-state index contributed by atoms with van der Waals surface area (Å²) in [4.78, 5) is 3.19. The van der Waals surface area contributed by atoms with Gasteiger partial charge in [0.2, 0.25) is 0 Å². The molecule has 0 aliphatic heterocycles. The molecule has 0 amide bonds. The zero-order chi connectivity index (χ0) is 11.3. The average molecular weight is 285 g/mol. The number of thioether (sulfide) groups is 1. The van der Waals surface area contributed by atoms with Crippen molar-refractivity contribution in [3.05, 3.63) is 28.2 Å². The van der Waals surface area contributed by atoms with Crippen LogP contribution < -0.4 is 0 Å². The van der Waals surface area contributed by atoms with Gasteiger partial charge in [0.05, 0.1) is 5.56 Å². The Morgan fingerprint density at radius 3 is 2.80 bits per heavy atom. The topological polar surface area (TPSA) is 27.0 Å². The van der Waals surface area contributed by atoms with Crippen LogP contribution in [0, 0.1) is 11.3 Å². The van der Waals surface area contributed by atoms with E-state index in [2.05, 4.69) is 26.9 Å². The van der Waals surface area contributed by atoms with Gasteiger partial charge in [0.1, 0.15) is 6.07 Å². The number of hydrogen-bond donors (Lipinski definition) is 0. The molecule has 15 heavy (non-hydrogen) atoms. The van der Waals surface area contributed by atoms with Gasteiger partial charge < -0.3 is 4.90 Å². The van der Waals surface area contributed by atoms with Gasteiger partial charge in [-0.25, -0.2) is 0 Å². The number of benzene rings is 1. The van der Waals surface area contributed by atoms with Crippen LogP contribution in [0.5, 0.6) is 0 Å². The Morgan fingerprint density at radius 2 is 2.20 bits per heavy atom. The van der Waals surface area contributed by atoms with Crippen LogP contribution in [0.3, 0.4) is 0 Å². The van der Waals surface area contributed by atoms with Crippen LogP contribution in [-0.2, 0) is 0 Å². The largest absolute Gasteiger partial charge is 0.309 e. The lowest BCUT2D eigenvalue weighted by Crippen LogP contribution is -2.14. The first-order valence-corrected chi connectivity index (χ1v) is 6.39. The molecule has 4 heteroatoms. The maximum atomic E-state index is 9.00. The molecule has 0 saturated carbocycles. The summed E-state index contributed by atoms with van der Waals surface area (Å²) in [6, 6.07) is 8.07. The number of nitrogens with zero attached hydrogens (tertiary/aromatic N) is 2. The molecule has 0 heterocycles. The highest BCUT2D eigenvalue weighted by molar-refractivity contribution is 9.10. The minimum Gasteiger partial charge on any atom is -0.309 e. The predicted molar refractivity (Wildman–Crippen MR) is 68.1 cm³/mol. The van der Waals surface area contributed by atoms with Gasteiger partial charge in [0.25, 0.3) is 0 Å². The van der Waals surface area contributed by atoms with Crippen molar-refractivity contribution in [2.75, 3.05) is 26.4 Å². The zero-order valence-electron chi connectivity index (χ0n) is 8.83. The fourth-order valence-corrected chi connectivity index (χ4v) is 2.81. The zero-order valence-corrected chi connectivity index (χ0v) is 11.2. The summed E-state index contributed by atoms with van der Waals surface area (Å²) in [6.07, 6.45) is 0. The van der Waals surface area contributed by atoms with Crippen LogP contribution >= 0.6 is 27.7 Å². The highest BCUT2D eigenvalue weighted by Gasteiger charge is 2.05. The molecule has 0 saturated heterocycles. The molecule has 0 fully saturated rings. The maximum absolute atomic E-state index is 9.00. The first kappa shape index (κ1) is 12.6. The smallest absolute Gasteiger partial charge is 0.101 e. The first-order chi connectivity index (χ1) is 7.15. The van der Waals surface area contributed by atoms with Crippen molar-refractivity contribution < 1.29 is 0 Å². The molecule has 1 aromatic carbocycles. The second-order valence-electron chi connectivity index (χ2n) is 3.38. The van der Waals surface area contributed by atoms with Gasteiger partial charge in [-0.1, -0.05) is 6.07 Å². The maximum Gasteiger partial charge on any atom is 0.101 e. The Balaban J connectivity index is 2.69. The fraction of sp³-hybridized carbons (Fsp3) is 0.364. The van der Waals surface area contributed by atoms with Crippen LogP contribution in [0.1, 0.15) is 5.56 Å². The molecular formula is C11H13BrN2S. The van der Waals surface area contributed by atoms with Crippen molar-refractivity contribution in [2.24, 2.45) is 0 Å². The second-order valence-corrected chi connectivity index (χ2v) is 5.37. The third-order valence-electron chi connectivity index (χ3n) is 1.88. The van der Waals surface area contributed by atoms with Gasteiger partial charge in [-0.05, 0) is 42.2 Å². The van der Waals surface area contributed by atoms with Crippen LogP contribution in [0.15, 0.2) is 27.6 Å². The van der Waals surface area contributed by atoms with E-state index in [-0.39, 0.29) is 0 Å². The molecular weight excluding hydrogens is 272 g/mol. The van der Waals surface area contributed by atoms with Crippen LogP contribution in [0.2, 0.25) is 0 Å². The molecule has 2 nitrogen and oxygen atoms in total. The van der Waals surface area contributed by atoms with E-state index in [1.54, 1.807) is 11.8 Å². The van der Waals surface area contributed by atoms with E-state index >= 15 is 0 Å². The monoisotopic (exact) mass is 284 g/mol. The van der Waals surface area contributed by atoms with Crippen molar-refractivity contribution in [1.82, 2.24) is 4.90 Å². The first-order valence-electron chi connectivity index (χ1n) is 4.61. The van der Waals surface area contributed by atoms with E-state index in [0.29, 0.717) is 0 Å². The summed E-state index contributed by atoms with van der Waals surface area (Å²) in [7, 11) is 4.10. The van der Waals surface area contributed by atoms with Crippen LogP contribution in [0.25, 0.3) is 0 Å². The molecule has 0 N–H and O–H groups in total. The minimum absolute atomic E-state index is 0.737. The molecule has 1 aromatic rings. The van der Waals surface area contributed by atoms with Crippen LogP contribution in [0.4, 0.5) is 0 Å². The van der Waals surface area contributed by atoms with Crippen molar-refractivity contribution in [3.63, 3.8) is 0 Å². The second kappa shape index (κ2) is 6.16. The third kappa shape index (κ3) is 3.86. The van der Waals surface area contributed by atoms with Gasteiger partial charge in [0.15, 0.2) is 0 Å². The van der Waals surface area contributed by atoms with Gasteiger partial charge in [0, 0.05) is 21.7 Å². The Hall–Kier alpha value is -0.500. The number of nitriles is 1. The van der Waals surface area contributed by atoms with Crippen molar-refractivity contribution >= 4 is 27.7 Å². The minimum atomic E-state index is 0.737. The SMILES string of the molecule is CN(C)CCSc1cccc(Br)c1C#N. The Labute approximate surface area is 103 Å². The average Bonchev–Trinajstić information content (AvgIpc) is 2.17. The molecule has 0 bridgehead atoms. The molecule has 0 spiro atoms. The van der Waals surface area contributed by atoms with Gasteiger partial charge >= 0.3 is 0 Å². The number of rotatable bonds is 4. The Morgan fingerprint density at radius 1 is 1.47 bits per heavy atom. The molecule has 1 rings (SSSR count). The summed E-state index contributed by atoms with van der Waals surface area (Å²) in [5.74, 6) is 0.998. The summed E-state index contributed by atoms with van der Waals surface area (Å²) in [5, 5.41) is 9.00. The molecule has 0 unspecified atom stereocenters. The van der Waals surface area contributed by atoms with E-state index in [1.165, 1.54) is 0 Å². The normalized spacial score (nSPS) is 10.3. The fourth-order valence-electron chi connectivity index (χ4n) is 1.07. The Kier molecular flexibility index (Phi) is 5.16. The predicted octanol–water partition coefficient (Wildman–Crippen LogP) is 2.97. The highest BCUT2D eigenvalue weighted by atomic mass is 79.9. The summed E-state index contributed by atoms with van der Waals surface area (Å²) < 4.78 is 0.875. The summed E-state index contributed by atoms with van der Waals surface area (Å²) in [5.41, 5.74) is 0.737. The standard InChI is InChI=1S/C11H13BrN2S/c1-14(2)6-7-15-11-5-3-4-10(12)9(11)8-13/h3-5H,6-7H2,1-2H3. The van der Waals surface area contributed by atoms with Crippen LogP contribution in [-0.4, -0.2) is 31.3 Å². The van der Waals surface area contributed by atoms with Gasteiger partial charge in [-0.15, -0.1) is 11.8 Å². The summed E-state index contributed by atoms with van der Waals surface area (Å²) in [6.45, 7) is 1.02. The van der Waals surface area contributed by atoms with E-state index in [1.807, 2.05) is 32.3 Å². The van der Waals surface area contributed by atoms with Crippen molar-refractivity contribution in [3.8, 4) is 6.07 Å². The van der Waals surface area contributed by atoms with E-state index < -0.39 is 0 Å². The Bertz CT molecular complexity index is 371. The number of halogens is 1. The quantitative estimate of drug-likeness (QED) is 0.796. The molecule has 0 aliphatic rings. The van der Waals surface area contributed by atoms with Crippen molar-refractivity contribution in [1.29, 1.82) is 5.26 Å². The third-order valence-corrected chi connectivity index (χ3v) is 3.58. The van der Waals surface area contributed by atoms with E-state index in [4.69, 9.17) is 5.26 Å². The lowest BCUT2D eigenvalue weighted by Gasteiger charge is -2.09. The lowest BCUT2D eigenvalue weighted by atomic mass is 10.2. The van der Waals surface area contributed by atoms with Gasteiger partial charge in [-0.3, -0.25) is 0 Å². The highest BCUT2D eigenvalue weighted by Crippen LogP contribution is 2.27. The number of hydrogen-bond acceptors (Lipinski definition) is 3.